The summed E-state index contributed by atoms with van der Waals surface area (Å²) in [5.74, 6) is 0.599. The van der Waals surface area contributed by atoms with E-state index in [2.05, 4.69) is 10.3 Å². The summed E-state index contributed by atoms with van der Waals surface area (Å²) >= 11 is 6.49. The van der Waals surface area contributed by atoms with E-state index in [1.54, 1.807) is 36.9 Å². The lowest BCUT2D eigenvalue weighted by Crippen LogP contribution is -2.50. The Morgan fingerprint density at radius 1 is 1.30 bits per heavy atom. The molecule has 0 saturated heterocycles. The van der Waals surface area contributed by atoms with Crippen LogP contribution < -0.4 is 15.6 Å². The van der Waals surface area contributed by atoms with Crippen LogP contribution >= 0.6 is 11.6 Å². The molecule has 0 spiro atoms. The van der Waals surface area contributed by atoms with Crippen LogP contribution in [0.5, 0.6) is 5.75 Å². The van der Waals surface area contributed by atoms with Gasteiger partial charge in [-0.05, 0) is 49.8 Å². The van der Waals surface area contributed by atoms with E-state index in [1.165, 1.54) is 0 Å². The average molecular weight is 432 g/mol. The van der Waals surface area contributed by atoms with Crippen LogP contribution in [0.25, 0.3) is 21.7 Å². The molecule has 3 aromatic rings. The predicted molar refractivity (Wildman–Crippen MR) is 119 cm³/mol. The molecule has 2 N–H and O–H groups in total. The van der Waals surface area contributed by atoms with Crippen LogP contribution in [0.15, 0.2) is 29.2 Å². The number of carbonyl (C=O) groups is 1. The van der Waals surface area contributed by atoms with Gasteiger partial charge in [-0.15, -0.1) is 0 Å². The summed E-state index contributed by atoms with van der Waals surface area (Å²) in [5, 5.41) is 14.2. The number of hydrogen-bond acceptors (Lipinski definition) is 4. The minimum absolute atomic E-state index is 0.0830. The molecular weight excluding hydrogens is 406 g/mol. The summed E-state index contributed by atoms with van der Waals surface area (Å²) in [6, 6.07) is 5.27. The van der Waals surface area contributed by atoms with Crippen LogP contribution in [0, 0.1) is 12.8 Å². The quantitative estimate of drug-likeness (QED) is 0.560. The number of pyridine rings is 2. The van der Waals surface area contributed by atoms with Gasteiger partial charge in [-0.3, -0.25) is 9.78 Å². The van der Waals surface area contributed by atoms with Crippen molar-refractivity contribution >= 4 is 39.4 Å². The van der Waals surface area contributed by atoms with Crippen molar-refractivity contribution in [3.63, 3.8) is 0 Å². The molecule has 0 bridgehead atoms. The smallest absolute Gasteiger partial charge is 0.405 e. The van der Waals surface area contributed by atoms with Crippen molar-refractivity contribution in [2.24, 2.45) is 13.0 Å². The van der Waals surface area contributed by atoms with E-state index in [0.717, 1.165) is 22.0 Å². The molecule has 160 valence electrons. The first-order valence-corrected chi connectivity index (χ1v) is 10.1. The second kappa shape index (κ2) is 8.14. The summed E-state index contributed by atoms with van der Waals surface area (Å²) in [6.07, 6.45) is 1.15. The topological polar surface area (TPSA) is 93.5 Å². The highest BCUT2D eigenvalue weighted by atomic mass is 35.5. The standard InChI is InChI=1S/C22H26ClN3O4/c1-12(2)9-22(4,25-21(28)29)11-30-19-8-16-14(7-17(19)23)15-6-13(3)24-10-18(15)26(5)20(16)27/h6-8,10,12,25H,9,11H2,1-5H3,(H,28,29). The minimum Gasteiger partial charge on any atom is -0.490 e. The largest absolute Gasteiger partial charge is 0.490 e. The van der Waals surface area contributed by atoms with E-state index in [9.17, 15) is 14.7 Å². The Morgan fingerprint density at radius 2 is 2.00 bits per heavy atom. The fourth-order valence-electron chi connectivity index (χ4n) is 3.93. The van der Waals surface area contributed by atoms with Gasteiger partial charge in [0.05, 0.1) is 27.7 Å². The number of benzene rings is 1. The van der Waals surface area contributed by atoms with Gasteiger partial charge in [-0.25, -0.2) is 4.79 Å². The van der Waals surface area contributed by atoms with E-state index in [0.29, 0.717) is 22.6 Å². The fourth-order valence-corrected chi connectivity index (χ4v) is 4.15. The zero-order chi connectivity index (χ0) is 22.2. The van der Waals surface area contributed by atoms with Crippen molar-refractivity contribution in [1.29, 1.82) is 0 Å². The number of hydrogen-bond donors (Lipinski definition) is 2. The molecule has 1 unspecified atom stereocenters. The van der Waals surface area contributed by atoms with Crippen molar-refractivity contribution < 1.29 is 14.6 Å². The summed E-state index contributed by atoms with van der Waals surface area (Å²) in [5.41, 5.74) is 0.578. The van der Waals surface area contributed by atoms with Crippen LogP contribution in [0.3, 0.4) is 0 Å². The zero-order valence-corrected chi connectivity index (χ0v) is 18.5. The first-order valence-electron chi connectivity index (χ1n) is 9.73. The number of aromatic nitrogens is 2. The Morgan fingerprint density at radius 3 is 2.63 bits per heavy atom. The van der Waals surface area contributed by atoms with Crippen molar-refractivity contribution in [2.45, 2.75) is 39.7 Å². The van der Waals surface area contributed by atoms with Gasteiger partial charge in [0.1, 0.15) is 12.4 Å². The normalized spacial score (nSPS) is 13.6. The second-order valence-corrected chi connectivity index (χ2v) is 8.82. The number of nitrogens with one attached hydrogen (secondary N) is 1. The highest BCUT2D eigenvalue weighted by Gasteiger charge is 2.29. The second-order valence-electron chi connectivity index (χ2n) is 8.41. The molecule has 1 amide bonds. The third-order valence-corrected chi connectivity index (χ3v) is 5.39. The number of aryl methyl sites for hydroxylation is 2. The van der Waals surface area contributed by atoms with Gasteiger partial charge in [-0.2, -0.15) is 0 Å². The molecule has 0 saturated carbocycles. The van der Waals surface area contributed by atoms with Gasteiger partial charge in [0.15, 0.2) is 0 Å². The third-order valence-electron chi connectivity index (χ3n) is 5.09. The Labute approximate surface area is 179 Å². The Balaban J connectivity index is 2.06. The van der Waals surface area contributed by atoms with E-state index >= 15 is 0 Å². The third kappa shape index (κ3) is 4.36. The lowest BCUT2D eigenvalue weighted by molar-refractivity contribution is 0.143. The van der Waals surface area contributed by atoms with E-state index in [4.69, 9.17) is 16.3 Å². The molecule has 2 heterocycles. The zero-order valence-electron chi connectivity index (χ0n) is 17.7. The number of fused-ring (bicyclic) bond motifs is 3. The highest BCUT2D eigenvalue weighted by Crippen LogP contribution is 2.33. The average Bonchev–Trinajstić information content (AvgIpc) is 2.63. The van der Waals surface area contributed by atoms with Crippen LogP contribution in [0.4, 0.5) is 4.79 Å². The van der Waals surface area contributed by atoms with Crippen LogP contribution in [-0.4, -0.2) is 32.9 Å². The first kappa shape index (κ1) is 21.9. The van der Waals surface area contributed by atoms with Gasteiger partial charge < -0.3 is 19.7 Å². The number of nitrogens with zero attached hydrogens (tertiary/aromatic N) is 2. The Kier molecular flexibility index (Phi) is 5.94. The molecule has 30 heavy (non-hydrogen) atoms. The molecule has 0 aliphatic heterocycles. The van der Waals surface area contributed by atoms with Crippen LogP contribution in [0.1, 0.15) is 32.9 Å². The lowest BCUT2D eigenvalue weighted by atomic mass is 9.91. The molecule has 0 fully saturated rings. The van der Waals surface area contributed by atoms with E-state index in [1.807, 2.05) is 26.8 Å². The molecule has 1 aromatic carbocycles. The SMILES string of the molecule is Cc1cc2c3cc(Cl)c(OCC(C)(CC(C)C)NC(=O)O)cc3c(=O)n(C)c2cn1. The molecule has 0 radical (unpaired) electrons. The minimum atomic E-state index is -1.12. The summed E-state index contributed by atoms with van der Waals surface area (Å²) in [4.78, 5) is 28.5. The van der Waals surface area contributed by atoms with Crippen LogP contribution in [-0.2, 0) is 7.05 Å². The predicted octanol–water partition coefficient (Wildman–Crippen LogP) is 4.50. The van der Waals surface area contributed by atoms with E-state index < -0.39 is 11.6 Å². The lowest BCUT2D eigenvalue weighted by Gasteiger charge is -2.31. The first-order chi connectivity index (χ1) is 14.0. The molecular formula is C22H26ClN3O4. The maximum Gasteiger partial charge on any atom is 0.405 e. The monoisotopic (exact) mass is 431 g/mol. The Hall–Kier alpha value is -2.80. The number of rotatable bonds is 6. The van der Waals surface area contributed by atoms with Crippen molar-refractivity contribution in [3.8, 4) is 5.75 Å². The molecule has 0 aliphatic rings. The van der Waals surface area contributed by atoms with Gasteiger partial charge in [0.2, 0.25) is 0 Å². The van der Waals surface area contributed by atoms with Gasteiger partial charge in [-0.1, -0.05) is 25.4 Å². The molecule has 1 atom stereocenters. The number of carboxylic acid groups (broad SMARTS) is 1. The molecule has 3 rings (SSSR count). The maximum absolute atomic E-state index is 12.9. The summed E-state index contributed by atoms with van der Waals surface area (Å²) in [7, 11) is 1.70. The van der Waals surface area contributed by atoms with Crippen LogP contribution in [0.2, 0.25) is 5.02 Å². The summed E-state index contributed by atoms with van der Waals surface area (Å²) < 4.78 is 7.48. The number of halogens is 1. The molecule has 0 aliphatic carbocycles. The summed E-state index contributed by atoms with van der Waals surface area (Å²) in [6.45, 7) is 7.78. The van der Waals surface area contributed by atoms with Crippen molar-refractivity contribution in [2.75, 3.05) is 6.61 Å². The molecule has 8 heteroatoms. The highest BCUT2D eigenvalue weighted by molar-refractivity contribution is 6.33. The fraction of sp³-hybridized carbons (Fsp3) is 0.409. The molecule has 7 nitrogen and oxygen atoms in total. The van der Waals surface area contributed by atoms with Crippen molar-refractivity contribution in [1.82, 2.24) is 14.9 Å². The van der Waals surface area contributed by atoms with Gasteiger partial charge >= 0.3 is 6.09 Å². The van der Waals surface area contributed by atoms with E-state index in [-0.39, 0.29) is 18.1 Å². The number of ether oxygens (including phenoxy) is 1. The number of amides is 1. The Bertz CT molecular complexity index is 1190. The van der Waals surface area contributed by atoms with Gasteiger partial charge in [0.25, 0.3) is 5.56 Å². The molecule has 2 aromatic heterocycles. The van der Waals surface area contributed by atoms with Crippen molar-refractivity contribution in [3.05, 3.63) is 45.5 Å². The van der Waals surface area contributed by atoms with Gasteiger partial charge in [0, 0.05) is 18.1 Å². The maximum atomic E-state index is 12.9.